The third-order valence-corrected chi connectivity index (χ3v) is 5.65. The van der Waals surface area contributed by atoms with Gasteiger partial charge < -0.3 is 15.1 Å². The number of likely N-dealkylation sites (tertiary alicyclic amines) is 2. The maximum Gasteiger partial charge on any atom is 0.317 e. The van der Waals surface area contributed by atoms with Crippen LogP contribution in [0.1, 0.15) is 29.6 Å². The molecule has 3 amide bonds. The summed E-state index contributed by atoms with van der Waals surface area (Å²) < 4.78 is 0. The normalized spacial score (nSPS) is 21.8. The molecule has 1 N–H and O–H groups in total. The Labute approximate surface area is 147 Å². The predicted octanol–water partition coefficient (Wildman–Crippen LogP) is 2.85. The minimum atomic E-state index is 0.00963. The lowest BCUT2D eigenvalue weighted by Crippen LogP contribution is -2.44. The molecule has 1 atom stereocenters. The summed E-state index contributed by atoms with van der Waals surface area (Å²) in [6, 6.07) is 7.25. The van der Waals surface area contributed by atoms with Gasteiger partial charge in [0.05, 0.1) is 10.6 Å². The second kappa shape index (κ2) is 7.43. The minimum absolute atomic E-state index is 0.00963. The first-order valence-corrected chi connectivity index (χ1v) is 8.98. The third-order valence-electron chi connectivity index (χ3n) is 5.32. The van der Waals surface area contributed by atoms with E-state index in [0.29, 0.717) is 22.4 Å². The van der Waals surface area contributed by atoms with Gasteiger partial charge in [-0.1, -0.05) is 23.7 Å². The SMILES string of the molecule is CNC(=O)N1CCC(C2CCN(C(=O)c3ccccc3Cl)C2)CC1. The lowest BCUT2D eigenvalue weighted by molar-refractivity contribution is 0.0777. The van der Waals surface area contributed by atoms with Gasteiger partial charge in [-0.25, -0.2) is 4.79 Å². The number of halogens is 1. The average molecular weight is 350 g/mol. The maximum absolute atomic E-state index is 12.7. The average Bonchev–Trinajstić information content (AvgIpc) is 3.11. The highest BCUT2D eigenvalue weighted by molar-refractivity contribution is 6.33. The van der Waals surface area contributed by atoms with Crippen molar-refractivity contribution in [2.45, 2.75) is 19.3 Å². The molecule has 0 saturated carbocycles. The van der Waals surface area contributed by atoms with Gasteiger partial charge in [0.1, 0.15) is 0 Å². The molecule has 24 heavy (non-hydrogen) atoms. The zero-order valence-corrected chi connectivity index (χ0v) is 14.8. The Hall–Kier alpha value is -1.75. The summed E-state index contributed by atoms with van der Waals surface area (Å²) in [5.74, 6) is 1.16. The fourth-order valence-electron chi connectivity index (χ4n) is 3.89. The monoisotopic (exact) mass is 349 g/mol. The number of rotatable bonds is 2. The molecule has 0 radical (unpaired) electrons. The van der Waals surface area contributed by atoms with Gasteiger partial charge in [-0.2, -0.15) is 0 Å². The predicted molar refractivity (Wildman–Crippen MR) is 94.2 cm³/mol. The van der Waals surface area contributed by atoms with Gasteiger partial charge in [0.2, 0.25) is 0 Å². The Morgan fingerprint density at radius 1 is 1.04 bits per heavy atom. The minimum Gasteiger partial charge on any atom is -0.341 e. The Morgan fingerprint density at radius 2 is 1.67 bits per heavy atom. The lowest BCUT2D eigenvalue weighted by atomic mass is 9.84. The van der Waals surface area contributed by atoms with Crippen molar-refractivity contribution in [2.75, 3.05) is 33.2 Å². The van der Waals surface area contributed by atoms with Gasteiger partial charge in [-0.15, -0.1) is 0 Å². The van der Waals surface area contributed by atoms with Gasteiger partial charge in [-0.05, 0) is 43.2 Å². The summed E-state index contributed by atoms with van der Waals surface area (Å²) in [7, 11) is 1.67. The Kier molecular flexibility index (Phi) is 5.29. The molecule has 1 unspecified atom stereocenters. The van der Waals surface area contributed by atoms with Gasteiger partial charge >= 0.3 is 6.03 Å². The van der Waals surface area contributed by atoms with E-state index >= 15 is 0 Å². The van der Waals surface area contributed by atoms with Crippen molar-refractivity contribution in [3.05, 3.63) is 34.9 Å². The highest BCUT2D eigenvalue weighted by atomic mass is 35.5. The Balaban J connectivity index is 1.56. The van der Waals surface area contributed by atoms with Crippen LogP contribution in [0.2, 0.25) is 5.02 Å². The van der Waals surface area contributed by atoms with Crippen LogP contribution in [0.4, 0.5) is 4.79 Å². The van der Waals surface area contributed by atoms with E-state index in [9.17, 15) is 9.59 Å². The number of amides is 3. The highest BCUT2D eigenvalue weighted by Gasteiger charge is 2.34. The molecule has 2 saturated heterocycles. The zero-order chi connectivity index (χ0) is 17.1. The van der Waals surface area contributed by atoms with Crippen LogP contribution >= 0.6 is 11.6 Å². The maximum atomic E-state index is 12.7. The molecule has 2 fully saturated rings. The van der Waals surface area contributed by atoms with E-state index in [0.717, 1.165) is 45.4 Å². The van der Waals surface area contributed by atoms with E-state index in [4.69, 9.17) is 11.6 Å². The number of hydrogen-bond acceptors (Lipinski definition) is 2. The van der Waals surface area contributed by atoms with E-state index in [-0.39, 0.29) is 11.9 Å². The van der Waals surface area contributed by atoms with E-state index in [2.05, 4.69) is 5.32 Å². The van der Waals surface area contributed by atoms with Crippen LogP contribution in [0, 0.1) is 11.8 Å². The second-order valence-corrected chi connectivity index (χ2v) is 7.07. The zero-order valence-electron chi connectivity index (χ0n) is 14.0. The van der Waals surface area contributed by atoms with E-state index < -0.39 is 0 Å². The molecule has 0 spiro atoms. The number of nitrogens with one attached hydrogen (secondary N) is 1. The smallest absolute Gasteiger partial charge is 0.317 e. The van der Waals surface area contributed by atoms with Crippen LogP contribution < -0.4 is 5.32 Å². The van der Waals surface area contributed by atoms with Crippen molar-refractivity contribution >= 4 is 23.5 Å². The molecule has 1 aromatic rings. The van der Waals surface area contributed by atoms with Crippen molar-refractivity contribution in [2.24, 2.45) is 11.8 Å². The van der Waals surface area contributed by atoms with E-state index in [1.165, 1.54) is 0 Å². The first kappa shape index (κ1) is 17.1. The van der Waals surface area contributed by atoms with E-state index in [1.54, 1.807) is 19.2 Å². The summed E-state index contributed by atoms with van der Waals surface area (Å²) >= 11 is 6.15. The standard InChI is InChI=1S/C18H24ClN3O2/c1-20-18(24)21-9-6-13(7-10-21)14-8-11-22(12-14)17(23)15-4-2-3-5-16(15)19/h2-5,13-14H,6-12H2,1H3,(H,20,24). The summed E-state index contributed by atoms with van der Waals surface area (Å²) in [6.07, 6.45) is 3.08. The van der Waals surface area contributed by atoms with Gasteiger partial charge in [0, 0.05) is 33.2 Å². The molecule has 6 heteroatoms. The molecule has 3 rings (SSSR count). The number of piperidine rings is 1. The topological polar surface area (TPSA) is 52.7 Å². The highest BCUT2D eigenvalue weighted by Crippen LogP contribution is 2.33. The molecule has 2 aliphatic heterocycles. The molecule has 1 aromatic carbocycles. The molecule has 0 aromatic heterocycles. The number of urea groups is 1. The molecule has 0 aliphatic carbocycles. The third kappa shape index (κ3) is 3.51. The van der Waals surface area contributed by atoms with Crippen LogP contribution in [0.5, 0.6) is 0 Å². The fraction of sp³-hybridized carbons (Fsp3) is 0.556. The molecule has 2 heterocycles. The lowest BCUT2D eigenvalue weighted by Gasteiger charge is -2.34. The first-order chi connectivity index (χ1) is 11.6. The van der Waals surface area contributed by atoms with Crippen LogP contribution in [-0.2, 0) is 0 Å². The summed E-state index contributed by atoms with van der Waals surface area (Å²) in [5, 5.41) is 3.20. The number of carbonyl (C=O) groups excluding carboxylic acids is 2. The van der Waals surface area contributed by atoms with Gasteiger partial charge in [0.15, 0.2) is 0 Å². The summed E-state index contributed by atoms with van der Waals surface area (Å²) in [5.41, 5.74) is 0.592. The van der Waals surface area contributed by atoms with Crippen molar-refractivity contribution in [1.29, 1.82) is 0 Å². The van der Waals surface area contributed by atoms with Crippen LogP contribution in [0.3, 0.4) is 0 Å². The largest absolute Gasteiger partial charge is 0.341 e. The van der Waals surface area contributed by atoms with Crippen molar-refractivity contribution in [3.8, 4) is 0 Å². The molecule has 130 valence electrons. The Bertz CT molecular complexity index is 614. The molecule has 2 aliphatic rings. The quantitative estimate of drug-likeness (QED) is 0.892. The summed E-state index contributed by atoms with van der Waals surface area (Å²) in [4.78, 5) is 28.1. The van der Waals surface area contributed by atoms with Crippen molar-refractivity contribution in [1.82, 2.24) is 15.1 Å². The number of nitrogens with zero attached hydrogens (tertiary/aromatic N) is 2. The van der Waals surface area contributed by atoms with Crippen molar-refractivity contribution < 1.29 is 9.59 Å². The van der Waals surface area contributed by atoms with E-state index in [1.807, 2.05) is 21.9 Å². The van der Waals surface area contributed by atoms with Gasteiger partial charge in [-0.3, -0.25) is 4.79 Å². The van der Waals surface area contributed by atoms with Crippen LogP contribution in [0.15, 0.2) is 24.3 Å². The Morgan fingerprint density at radius 3 is 2.33 bits per heavy atom. The number of carbonyl (C=O) groups is 2. The van der Waals surface area contributed by atoms with Crippen LogP contribution in [0.25, 0.3) is 0 Å². The second-order valence-electron chi connectivity index (χ2n) is 6.66. The van der Waals surface area contributed by atoms with Crippen LogP contribution in [-0.4, -0.2) is 55.0 Å². The fourth-order valence-corrected chi connectivity index (χ4v) is 4.11. The number of hydrogen-bond donors (Lipinski definition) is 1. The molecular weight excluding hydrogens is 326 g/mol. The summed E-state index contributed by atoms with van der Waals surface area (Å²) in [6.45, 7) is 3.21. The van der Waals surface area contributed by atoms with Gasteiger partial charge in [0.25, 0.3) is 5.91 Å². The van der Waals surface area contributed by atoms with Crippen molar-refractivity contribution in [3.63, 3.8) is 0 Å². The first-order valence-electron chi connectivity index (χ1n) is 8.60. The molecular formula is C18H24ClN3O2. The number of benzene rings is 1. The molecule has 0 bridgehead atoms. The molecule has 5 nitrogen and oxygen atoms in total.